The molecule has 0 spiro atoms. The van der Waals surface area contributed by atoms with Crippen LogP contribution in [0.3, 0.4) is 0 Å². The molecule has 0 saturated carbocycles. The molecule has 2 rings (SSSR count). The molecular weight excluding hydrogens is 248 g/mol. The average molecular weight is 270 g/mol. The largest absolute Gasteiger partial charge is 0.406 e. The molecule has 0 fully saturated rings. The molecule has 1 unspecified atom stereocenters. The maximum absolute atomic E-state index is 6.50. The molecule has 0 N–H and O–H groups in total. The summed E-state index contributed by atoms with van der Waals surface area (Å²) in [5, 5.41) is 2.67. The highest BCUT2D eigenvalue weighted by atomic mass is 28.4. The Balaban J connectivity index is 2.44. The van der Waals surface area contributed by atoms with E-state index in [4.69, 9.17) is 4.43 Å². The van der Waals surface area contributed by atoms with Crippen LogP contribution in [0, 0.1) is 0 Å². The van der Waals surface area contributed by atoms with Crippen LogP contribution in [0.2, 0.25) is 6.55 Å². The quantitative estimate of drug-likeness (QED) is 0.758. The van der Waals surface area contributed by atoms with Gasteiger partial charge in [-0.2, -0.15) is 0 Å². The van der Waals surface area contributed by atoms with E-state index in [1.54, 1.807) is 0 Å². The molecule has 2 heteroatoms. The highest BCUT2D eigenvalue weighted by Gasteiger charge is 2.35. The van der Waals surface area contributed by atoms with Crippen LogP contribution in [0.1, 0.15) is 20.3 Å². The van der Waals surface area contributed by atoms with Gasteiger partial charge in [-0.15, -0.1) is 0 Å². The number of benzene rings is 2. The molecule has 0 aliphatic heterocycles. The highest BCUT2D eigenvalue weighted by Crippen LogP contribution is 2.12. The first-order valence-corrected chi connectivity index (χ1v) is 9.36. The predicted octanol–water partition coefficient (Wildman–Crippen LogP) is 3.19. The Morgan fingerprint density at radius 3 is 1.68 bits per heavy atom. The zero-order valence-corrected chi connectivity index (χ0v) is 13.0. The molecule has 0 saturated heterocycles. The van der Waals surface area contributed by atoms with Gasteiger partial charge in [0.2, 0.25) is 0 Å². The van der Waals surface area contributed by atoms with Gasteiger partial charge in [0.15, 0.2) is 0 Å². The average Bonchev–Trinajstić information content (AvgIpc) is 2.48. The summed E-state index contributed by atoms with van der Waals surface area (Å²) in [6.45, 7) is 6.64. The van der Waals surface area contributed by atoms with Crippen molar-refractivity contribution < 1.29 is 4.43 Å². The smallest absolute Gasteiger partial charge is 0.253 e. The van der Waals surface area contributed by atoms with Gasteiger partial charge < -0.3 is 4.43 Å². The summed E-state index contributed by atoms with van der Waals surface area (Å²) < 4.78 is 6.50. The Morgan fingerprint density at radius 2 is 1.32 bits per heavy atom. The van der Waals surface area contributed by atoms with Gasteiger partial charge in [0, 0.05) is 6.10 Å². The molecule has 100 valence electrons. The second-order valence-electron chi connectivity index (χ2n) is 5.10. The summed E-state index contributed by atoms with van der Waals surface area (Å²) in [5.41, 5.74) is 0. The van der Waals surface area contributed by atoms with Gasteiger partial charge in [-0.3, -0.25) is 0 Å². The Labute approximate surface area is 117 Å². The lowest BCUT2D eigenvalue weighted by Gasteiger charge is -2.31. The van der Waals surface area contributed by atoms with Gasteiger partial charge in [0.1, 0.15) is 0 Å². The van der Waals surface area contributed by atoms with E-state index in [1.807, 2.05) is 0 Å². The molecule has 0 aromatic heterocycles. The Kier molecular flexibility index (Phi) is 4.56. The van der Waals surface area contributed by atoms with Crippen molar-refractivity contribution in [1.29, 1.82) is 0 Å². The molecule has 19 heavy (non-hydrogen) atoms. The summed E-state index contributed by atoms with van der Waals surface area (Å²) in [5.74, 6) is 0. The summed E-state index contributed by atoms with van der Waals surface area (Å²) >= 11 is 0. The third-order valence-electron chi connectivity index (χ3n) is 3.66. The molecule has 1 nitrogen and oxygen atoms in total. The number of hydrogen-bond acceptors (Lipinski definition) is 1. The number of rotatable bonds is 5. The normalized spacial score (nSPS) is 13.2. The lowest BCUT2D eigenvalue weighted by molar-refractivity contribution is 0.216. The van der Waals surface area contributed by atoms with Gasteiger partial charge >= 0.3 is 0 Å². The van der Waals surface area contributed by atoms with Gasteiger partial charge in [-0.1, -0.05) is 67.6 Å². The summed E-state index contributed by atoms with van der Waals surface area (Å²) in [7, 11) is -2.09. The SMILES string of the molecule is CCC(C)O[Si](C)(c1ccccc1)c1ccccc1. The van der Waals surface area contributed by atoms with Crippen LogP contribution in [0.15, 0.2) is 60.7 Å². The molecule has 0 amide bonds. The maximum Gasteiger partial charge on any atom is 0.253 e. The van der Waals surface area contributed by atoms with Gasteiger partial charge in [-0.25, -0.2) is 0 Å². The van der Waals surface area contributed by atoms with E-state index >= 15 is 0 Å². The van der Waals surface area contributed by atoms with E-state index in [1.165, 1.54) is 10.4 Å². The van der Waals surface area contributed by atoms with Crippen LogP contribution >= 0.6 is 0 Å². The summed E-state index contributed by atoms with van der Waals surface area (Å²) in [4.78, 5) is 0. The molecule has 0 bridgehead atoms. The third-order valence-corrected chi connectivity index (χ3v) is 7.41. The van der Waals surface area contributed by atoms with Crippen LogP contribution in [-0.4, -0.2) is 14.4 Å². The van der Waals surface area contributed by atoms with Crippen LogP contribution in [0.25, 0.3) is 0 Å². The standard InChI is InChI=1S/C17H22OSi/c1-4-15(2)18-19(3,16-11-7-5-8-12-16)17-13-9-6-10-14-17/h5-15H,4H2,1-3H3. The van der Waals surface area contributed by atoms with E-state index in [9.17, 15) is 0 Å². The Hall–Kier alpha value is -1.38. The molecule has 2 aromatic rings. The lowest BCUT2D eigenvalue weighted by Crippen LogP contribution is -2.59. The van der Waals surface area contributed by atoms with Crippen molar-refractivity contribution in [2.75, 3.05) is 0 Å². The molecule has 0 aliphatic rings. The first-order chi connectivity index (χ1) is 9.16. The second kappa shape index (κ2) is 6.18. The van der Waals surface area contributed by atoms with E-state index in [0.717, 1.165) is 6.42 Å². The monoisotopic (exact) mass is 270 g/mol. The van der Waals surface area contributed by atoms with Crippen LogP contribution in [-0.2, 0) is 4.43 Å². The zero-order chi connectivity index (χ0) is 13.7. The molecule has 0 heterocycles. The van der Waals surface area contributed by atoms with Crippen molar-refractivity contribution >= 4 is 18.7 Å². The van der Waals surface area contributed by atoms with Gasteiger partial charge in [0.05, 0.1) is 0 Å². The van der Waals surface area contributed by atoms with Gasteiger partial charge in [0.25, 0.3) is 8.32 Å². The lowest BCUT2D eigenvalue weighted by atomic mass is 10.3. The number of hydrogen-bond donors (Lipinski definition) is 0. The molecule has 0 radical (unpaired) electrons. The van der Waals surface area contributed by atoms with Crippen molar-refractivity contribution in [3.05, 3.63) is 60.7 Å². The van der Waals surface area contributed by atoms with Crippen molar-refractivity contribution in [3.63, 3.8) is 0 Å². The molecule has 2 aromatic carbocycles. The fourth-order valence-corrected chi connectivity index (χ4v) is 5.53. The van der Waals surface area contributed by atoms with Crippen LogP contribution < -0.4 is 10.4 Å². The molecule has 1 atom stereocenters. The van der Waals surface area contributed by atoms with E-state index in [0.29, 0.717) is 0 Å². The molecular formula is C17H22OSi. The minimum atomic E-state index is -2.09. The first-order valence-electron chi connectivity index (χ1n) is 6.95. The highest BCUT2D eigenvalue weighted by molar-refractivity contribution is 6.96. The van der Waals surface area contributed by atoms with E-state index < -0.39 is 8.32 Å². The van der Waals surface area contributed by atoms with Crippen molar-refractivity contribution in [2.45, 2.75) is 32.9 Å². The fourth-order valence-electron chi connectivity index (χ4n) is 2.30. The first kappa shape index (κ1) is 14.0. The Bertz CT molecular complexity index is 456. The topological polar surface area (TPSA) is 9.23 Å². The summed E-state index contributed by atoms with van der Waals surface area (Å²) in [6.07, 6.45) is 1.33. The van der Waals surface area contributed by atoms with Crippen LogP contribution in [0.5, 0.6) is 0 Å². The zero-order valence-electron chi connectivity index (χ0n) is 12.0. The van der Waals surface area contributed by atoms with Crippen molar-refractivity contribution in [3.8, 4) is 0 Å². The van der Waals surface area contributed by atoms with Crippen LogP contribution in [0.4, 0.5) is 0 Å². The molecule has 0 aliphatic carbocycles. The minimum absolute atomic E-state index is 0.289. The summed E-state index contributed by atoms with van der Waals surface area (Å²) in [6, 6.07) is 21.3. The third kappa shape index (κ3) is 3.14. The predicted molar refractivity (Wildman–Crippen MR) is 84.6 cm³/mol. The Morgan fingerprint density at radius 1 is 0.895 bits per heavy atom. The van der Waals surface area contributed by atoms with Crippen molar-refractivity contribution in [2.24, 2.45) is 0 Å². The van der Waals surface area contributed by atoms with Gasteiger partial charge in [-0.05, 0) is 30.3 Å². The fraction of sp³-hybridized carbons (Fsp3) is 0.294. The minimum Gasteiger partial charge on any atom is -0.406 e. The van der Waals surface area contributed by atoms with Crippen molar-refractivity contribution in [1.82, 2.24) is 0 Å². The van der Waals surface area contributed by atoms with E-state index in [2.05, 4.69) is 81.1 Å². The van der Waals surface area contributed by atoms with E-state index in [-0.39, 0.29) is 6.10 Å². The second-order valence-corrected chi connectivity index (χ2v) is 8.56. The maximum atomic E-state index is 6.50.